The SMILES string of the molecule is CC(C)n1nc(C(=O)NCC2CCN(CC(=O)Nc3ccc(N(C)C)cc3)CC2)c2ccccc21. The van der Waals surface area contributed by atoms with E-state index in [4.69, 9.17) is 0 Å². The van der Waals surface area contributed by atoms with E-state index in [1.54, 1.807) is 0 Å². The van der Waals surface area contributed by atoms with Crippen LogP contribution in [0.5, 0.6) is 0 Å². The van der Waals surface area contributed by atoms with Crippen LogP contribution in [-0.4, -0.2) is 66.8 Å². The van der Waals surface area contributed by atoms with Crippen LogP contribution in [-0.2, 0) is 4.79 Å². The maximum absolute atomic E-state index is 12.9. The van der Waals surface area contributed by atoms with E-state index >= 15 is 0 Å². The maximum Gasteiger partial charge on any atom is 0.272 e. The van der Waals surface area contributed by atoms with Gasteiger partial charge in [0.25, 0.3) is 5.91 Å². The molecular weight excluding hydrogens is 440 g/mol. The van der Waals surface area contributed by atoms with E-state index in [1.807, 2.05) is 72.2 Å². The minimum Gasteiger partial charge on any atom is -0.378 e. The van der Waals surface area contributed by atoms with Crippen molar-refractivity contribution >= 4 is 34.1 Å². The quantitative estimate of drug-likeness (QED) is 0.517. The summed E-state index contributed by atoms with van der Waals surface area (Å²) in [4.78, 5) is 29.6. The number of hydrogen-bond donors (Lipinski definition) is 2. The number of fused-ring (bicyclic) bond motifs is 1. The minimum atomic E-state index is -0.123. The molecular formula is C27H36N6O2. The van der Waals surface area contributed by atoms with Gasteiger partial charge in [-0.15, -0.1) is 0 Å². The van der Waals surface area contributed by atoms with Crippen LogP contribution in [0.2, 0.25) is 0 Å². The van der Waals surface area contributed by atoms with Crippen molar-refractivity contribution in [1.82, 2.24) is 20.0 Å². The summed E-state index contributed by atoms with van der Waals surface area (Å²) >= 11 is 0. The number of amides is 2. The molecule has 0 radical (unpaired) electrons. The molecule has 0 unspecified atom stereocenters. The van der Waals surface area contributed by atoms with Gasteiger partial charge in [-0.25, -0.2) is 0 Å². The Bertz CT molecular complexity index is 1160. The Morgan fingerprint density at radius 2 is 1.74 bits per heavy atom. The van der Waals surface area contributed by atoms with Gasteiger partial charge in [-0.2, -0.15) is 5.10 Å². The van der Waals surface area contributed by atoms with Crippen LogP contribution in [0.25, 0.3) is 10.9 Å². The molecule has 0 bridgehead atoms. The molecule has 8 heteroatoms. The largest absolute Gasteiger partial charge is 0.378 e. The van der Waals surface area contributed by atoms with Crippen molar-refractivity contribution in [2.75, 3.05) is 50.5 Å². The summed E-state index contributed by atoms with van der Waals surface area (Å²) in [5.74, 6) is 0.278. The number of aromatic nitrogens is 2. The van der Waals surface area contributed by atoms with Gasteiger partial charge in [0.2, 0.25) is 5.91 Å². The summed E-state index contributed by atoms with van der Waals surface area (Å²) in [6, 6.07) is 15.9. The van der Waals surface area contributed by atoms with Gasteiger partial charge < -0.3 is 15.5 Å². The highest BCUT2D eigenvalue weighted by Gasteiger charge is 2.23. The second-order valence-corrected chi connectivity index (χ2v) is 9.82. The predicted molar refractivity (Wildman–Crippen MR) is 141 cm³/mol. The number of nitrogens with one attached hydrogen (secondary N) is 2. The Morgan fingerprint density at radius 3 is 2.40 bits per heavy atom. The topological polar surface area (TPSA) is 82.5 Å². The van der Waals surface area contributed by atoms with Gasteiger partial charge in [-0.1, -0.05) is 18.2 Å². The summed E-state index contributed by atoms with van der Waals surface area (Å²) in [6.07, 6.45) is 1.90. The zero-order chi connectivity index (χ0) is 24.9. The molecule has 1 fully saturated rings. The molecule has 2 amide bonds. The minimum absolute atomic E-state index is 0.00183. The molecule has 0 spiro atoms. The van der Waals surface area contributed by atoms with Crippen LogP contribution >= 0.6 is 0 Å². The van der Waals surface area contributed by atoms with Gasteiger partial charge >= 0.3 is 0 Å². The van der Waals surface area contributed by atoms with Crippen LogP contribution in [0, 0.1) is 5.92 Å². The molecule has 1 aliphatic heterocycles. The monoisotopic (exact) mass is 476 g/mol. The van der Waals surface area contributed by atoms with Gasteiger partial charge in [0.15, 0.2) is 5.69 Å². The predicted octanol–water partition coefficient (Wildman–Crippen LogP) is 3.76. The van der Waals surface area contributed by atoms with Crippen LogP contribution in [0.15, 0.2) is 48.5 Å². The maximum atomic E-state index is 12.9. The third kappa shape index (κ3) is 6.00. The Morgan fingerprint density at radius 1 is 1.06 bits per heavy atom. The van der Waals surface area contributed by atoms with Gasteiger partial charge in [-0.05, 0) is 76.0 Å². The van der Waals surface area contributed by atoms with E-state index in [0.29, 0.717) is 24.7 Å². The molecule has 3 aromatic rings. The average molecular weight is 477 g/mol. The number of para-hydroxylation sites is 1. The first-order valence-electron chi connectivity index (χ1n) is 12.4. The second-order valence-electron chi connectivity index (χ2n) is 9.82. The number of carbonyl (C=O) groups excluding carboxylic acids is 2. The molecule has 2 N–H and O–H groups in total. The normalized spacial score (nSPS) is 14.9. The summed E-state index contributed by atoms with van der Waals surface area (Å²) in [7, 11) is 3.98. The molecule has 2 heterocycles. The van der Waals surface area contributed by atoms with Crippen molar-refractivity contribution in [2.45, 2.75) is 32.7 Å². The van der Waals surface area contributed by atoms with Crippen molar-refractivity contribution < 1.29 is 9.59 Å². The van der Waals surface area contributed by atoms with E-state index in [9.17, 15) is 9.59 Å². The van der Waals surface area contributed by atoms with E-state index in [2.05, 4.69) is 34.5 Å². The van der Waals surface area contributed by atoms with Gasteiger partial charge in [0, 0.05) is 43.4 Å². The summed E-state index contributed by atoms with van der Waals surface area (Å²) in [5.41, 5.74) is 3.37. The van der Waals surface area contributed by atoms with Crippen molar-refractivity contribution in [3.8, 4) is 0 Å². The first-order valence-corrected chi connectivity index (χ1v) is 12.4. The fraction of sp³-hybridized carbons (Fsp3) is 0.444. The number of rotatable bonds is 8. The van der Waals surface area contributed by atoms with E-state index in [-0.39, 0.29) is 17.9 Å². The zero-order valence-corrected chi connectivity index (χ0v) is 21.1. The van der Waals surface area contributed by atoms with Crippen LogP contribution in [0.1, 0.15) is 43.2 Å². The lowest BCUT2D eigenvalue weighted by molar-refractivity contribution is -0.117. The third-order valence-electron chi connectivity index (χ3n) is 6.61. The van der Waals surface area contributed by atoms with Gasteiger partial charge in [-0.3, -0.25) is 19.2 Å². The molecule has 1 aliphatic rings. The molecule has 4 rings (SSSR count). The molecule has 8 nitrogen and oxygen atoms in total. The van der Waals surface area contributed by atoms with Crippen LogP contribution in [0.4, 0.5) is 11.4 Å². The average Bonchev–Trinajstić information content (AvgIpc) is 3.24. The highest BCUT2D eigenvalue weighted by atomic mass is 16.2. The fourth-order valence-electron chi connectivity index (χ4n) is 4.57. The van der Waals surface area contributed by atoms with E-state index in [1.165, 1.54) is 0 Å². The standard InChI is InChI=1S/C27H36N6O2/c1-19(2)33-24-8-6-5-7-23(24)26(30-33)27(35)28-17-20-13-15-32(16-14-20)18-25(34)29-21-9-11-22(12-10-21)31(3)4/h5-12,19-20H,13-18H2,1-4H3,(H,28,35)(H,29,34). The van der Waals surface area contributed by atoms with Gasteiger partial charge in [0.1, 0.15) is 0 Å². The van der Waals surface area contributed by atoms with E-state index < -0.39 is 0 Å². The Labute approximate surface area is 207 Å². The first-order chi connectivity index (χ1) is 16.8. The van der Waals surface area contributed by atoms with Crippen molar-refractivity contribution in [3.63, 3.8) is 0 Å². The Kier molecular flexibility index (Phi) is 7.70. The number of benzene rings is 2. The highest BCUT2D eigenvalue weighted by Crippen LogP contribution is 2.22. The lowest BCUT2D eigenvalue weighted by Crippen LogP contribution is -2.42. The lowest BCUT2D eigenvalue weighted by Gasteiger charge is -2.31. The summed E-state index contributed by atoms with van der Waals surface area (Å²) in [6.45, 7) is 6.83. The molecule has 2 aromatic carbocycles. The summed E-state index contributed by atoms with van der Waals surface area (Å²) < 4.78 is 1.91. The lowest BCUT2D eigenvalue weighted by atomic mass is 9.96. The smallest absolute Gasteiger partial charge is 0.272 e. The molecule has 1 saturated heterocycles. The number of piperidine rings is 1. The number of likely N-dealkylation sites (tertiary alicyclic amines) is 1. The van der Waals surface area contributed by atoms with Crippen molar-refractivity contribution in [2.24, 2.45) is 5.92 Å². The van der Waals surface area contributed by atoms with Crippen molar-refractivity contribution in [3.05, 3.63) is 54.2 Å². The van der Waals surface area contributed by atoms with Crippen LogP contribution < -0.4 is 15.5 Å². The Balaban J connectivity index is 1.23. The molecule has 0 saturated carbocycles. The summed E-state index contributed by atoms with van der Waals surface area (Å²) in [5, 5.41) is 11.6. The molecule has 0 aliphatic carbocycles. The highest BCUT2D eigenvalue weighted by molar-refractivity contribution is 6.04. The second kappa shape index (κ2) is 10.9. The molecule has 186 valence electrons. The van der Waals surface area contributed by atoms with E-state index in [0.717, 1.165) is 48.2 Å². The molecule has 35 heavy (non-hydrogen) atoms. The van der Waals surface area contributed by atoms with Gasteiger partial charge in [0.05, 0.1) is 12.1 Å². The first kappa shape index (κ1) is 24.7. The van der Waals surface area contributed by atoms with Crippen LogP contribution in [0.3, 0.4) is 0 Å². The molecule has 1 aromatic heterocycles. The number of hydrogen-bond acceptors (Lipinski definition) is 5. The number of nitrogens with zero attached hydrogens (tertiary/aromatic N) is 4. The number of carbonyl (C=O) groups is 2. The molecule has 0 atom stereocenters. The number of anilines is 2. The third-order valence-corrected chi connectivity index (χ3v) is 6.61. The zero-order valence-electron chi connectivity index (χ0n) is 21.1. The fourth-order valence-corrected chi connectivity index (χ4v) is 4.57. The van der Waals surface area contributed by atoms with Crippen molar-refractivity contribution in [1.29, 1.82) is 0 Å². The Hall–Kier alpha value is -3.39.